The molecule has 0 bridgehead atoms. The minimum absolute atomic E-state index is 0.846. The highest BCUT2D eigenvalue weighted by Crippen LogP contribution is 2.34. The van der Waals surface area contributed by atoms with Gasteiger partial charge in [-0.05, 0) is 5.56 Å². The Balaban J connectivity index is 3.02. The van der Waals surface area contributed by atoms with Gasteiger partial charge in [0.15, 0.2) is 4.33 Å². The van der Waals surface area contributed by atoms with Gasteiger partial charge in [0, 0.05) is 0 Å². The van der Waals surface area contributed by atoms with E-state index in [4.69, 9.17) is 23.2 Å². The summed E-state index contributed by atoms with van der Waals surface area (Å²) in [6, 6.07) is 9.41. The number of halogens is 2. The molecule has 0 saturated carbocycles. The Morgan fingerprint density at radius 1 is 1.18 bits per heavy atom. The molecule has 0 heterocycles. The van der Waals surface area contributed by atoms with Crippen molar-refractivity contribution in [3.8, 4) is 0 Å². The number of hydrogen-bond donors (Lipinski definition) is 0. The molecule has 0 atom stereocenters. The summed E-state index contributed by atoms with van der Waals surface area (Å²) < 4.78 is -0.957. The van der Waals surface area contributed by atoms with Gasteiger partial charge in [-0.3, -0.25) is 0 Å². The smallest absolute Gasteiger partial charge is 0.0998 e. The Labute approximate surface area is 76.4 Å². The third kappa shape index (κ3) is 1.98. The van der Waals surface area contributed by atoms with Crippen molar-refractivity contribution < 1.29 is 0 Å². The molecule has 58 valence electrons. The van der Waals surface area contributed by atoms with Gasteiger partial charge in [-0.25, -0.2) is 0 Å². The second-order valence-electron chi connectivity index (χ2n) is 2.19. The molecule has 0 N–H and O–H groups in total. The van der Waals surface area contributed by atoms with E-state index in [1.165, 1.54) is 6.08 Å². The lowest BCUT2D eigenvalue weighted by atomic mass is 10.1. The highest BCUT2D eigenvalue weighted by atomic mass is 35.5. The Morgan fingerprint density at radius 3 is 2.18 bits per heavy atom. The zero-order chi connectivity index (χ0) is 8.32. The van der Waals surface area contributed by atoms with Crippen LogP contribution in [0.1, 0.15) is 5.56 Å². The van der Waals surface area contributed by atoms with E-state index in [1.54, 1.807) is 0 Å². The SMILES string of the molecule is C=CC(Cl)(Cl)c1ccccc1. The molecule has 0 amide bonds. The third-order valence-electron chi connectivity index (χ3n) is 1.42. The van der Waals surface area contributed by atoms with E-state index < -0.39 is 4.33 Å². The average molecular weight is 187 g/mol. The van der Waals surface area contributed by atoms with Crippen molar-refractivity contribution in [1.29, 1.82) is 0 Å². The Morgan fingerprint density at radius 2 is 1.73 bits per heavy atom. The molecule has 11 heavy (non-hydrogen) atoms. The van der Waals surface area contributed by atoms with Crippen molar-refractivity contribution in [2.45, 2.75) is 4.33 Å². The Kier molecular flexibility index (Phi) is 2.58. The first-order valence-electron chi connectivity index (χ1n) is 3.24. The molecular formula is C9H8Cl2. The number of hydrogen-bond acceptors (Lipinski definition) is 0. The topological polar surface area (TPSA) is 0 Å². The summed E-state index contributed by atoms with van der Waals surface area (Å²) in [6.07, 6.45) is 1.51. The van der Waals surface area contributed by atoms with Crippen LogP contribution in [0.4, 0.5) is 0 Å². The van der Waals surface area contributed by atoms with Crippen molar-refractivity contribution in [1.82, 2.24) is 0 Å². The Bertz CT molecular complexity index is 239. The molecule has 0 radical (unpaired) electrons. The van der Waals surface area contributed by atoms with Crippen LogP contribution in [0.2, 0.25) is 0 Å². The monoisotopic (exact) mass is 186 g/mol. The molecule has 0 saturated heterocycles. The van der Waals surface area contributed by atoms with Crippen LogP contribution in [-0.2, 0) is 4.33 Å². The number of benzene rings is 1. The summed E-state index contributed by atoms with van der Waals surface area (Å²) in [6.45, 7) is 3.54. The van der Waals surface area contributed by atoms with Crippen molar-refractivity contribution in [3.05, 3.63) is 48.6 Å². The van der Waals surface area contributed by atoms with Gasteiger partial charge in [0.05, 0.1) is 0 Å². The summed E-state index contributed by atoms with van der Waals surface area (Å²) in [4.78, 5) is 0. The average Bonchev–Trinajstić information content (AvgIpc) is 2.06. The fourth-order valence-electron chi connectivity index (χ4n) is 0.778. The summed E-state index contributed by atoms with van der Waals surface area (Å²) in [5.41, 5.74) is 0.846. The summed E-state index contributed by atoms with van der Waals surface area (Å²) in [5.74, 6) is 0. The zero-order valence-corrected chi connectivity index (χ0v) is 7.44. The fraction of sp³-hybridized carbons (Fsp3) is 0.111. The van der Waals surface area contributed by atoms with E-state index in [-0.39, 0.29) is 0 Å². The van der Waals surface area contributed by atoms with E-state index >= 15 is 0 Å². The van der Waals surface area contributed by atoms with Gasteiger partial charge in [-0.1, -0.05) is 66.2 Å². The van der Waals surface area contributed by atoms with Crippen LogP contribution in [0.15, 0.2) is 43.0 Å². The van der Waals surface area contributed by atoms with Crippen LogP contribution in [0.3, 0.4) is 0 Å². The molecule has 1 rings (SSSR count). The number of allylic oxidation sites excluding steroid dienone is 1. The maximum atomic E-state index is 5.89. The van der Waals surface area contributed by atoms with Crippen molar-refractivity contribution >= 4 is 23.2 Å². The molecule has 0 aliphatic heterocycles. The second kappa shape index (κ2) is 3.29. The van der Waals surface area contributed by atoms with Crippen LogP contribution < -0.4 is 0 Å². The molecule has 0 unspecified atom stereocenters. The van der Waals surface area contributed by atoms with E-state index in [1.807, 2.05) is 30.3 Å². The fourth-order valence-corrected chi connectivity index (χ4v) is 1.03. The van der Waals surface area contributed by atoms with E-state index in [2.05, 4.69) is 6.58 Å². The predicted octanol–water partition coefficient (Wildman–Crippen LogP) is 3.50. The number of rotatable bonds is 2. The van der Waals surface area contributed by atoms with Gasteiger partial charge in [0.2, 0.25) is 0 Å². The lowest BCUT2D eigenvalue weighted by Gasteiger charge is -2.13. The minimum Gasteiger partial charge on any atom is -0.0998 e. The first kappa shape index (κ1) is 8.63. The largest absolute Gasteiger partial charge is 0.161 e. The van der Waals surface area contributed by atoms with Crippen LogP contribution in [0.25, 0.3) is 0 Å². The summed E-state index contributed by atoms with van der Waals surface area (Å²) in [5, 5.41) is 0. The maximum Gasteiger partial charge on any atom is 0.161 e. The first-order valence-corrected chi connectivity index (χ1v) is 3.99. The quantitative estimate of drug-likeness (QED) is 0.491. The van der Waals surface area contributed by atoms with Crippen LogP contribution in [-0.4, -0.2) is 0 Å². The molecule has 1 aromatic rings. The summed E-state index contributed by atoms with van der Waals surface area (Å²) in [7, 11) is 0. The first-order chi connectivity index (χ1) is 5.17. The van der Waals surface area contributed by atoms with E-state index in [0.29, 0.717) is 0 Å². The second-order valence-corrected chi connectivity index (χ2v) is 3.58. The van der Waals surface area contributed by atoms with Crippen LogP contribution in [0.5, 0.6) is 0 Å². The van der Waals surface area contributed by atoms with Gasteiger partial charge < -0.3 is 0 Å². The molecule has 2 heteroatoms. The highest BCUT2D eigenvalue weighted by molar-refractivity contribution is 6.49. The lowest BCUT2D eigenvalue weighted by Crippen LogP contribution is -2.04. The third-order valence-corrected chi connectivity index (χ3v) is 2.16. The molecule has 0 aromatic heterocycles. The van der Waals surface area contributed by atoms with E-state index in [9.17, 15) is 0 Å². The minimum atomic E-state index is -0.957. The van der Waals surface area contributed by atoms with Crippen molar-refractivity contribution in [2.24, 2.45) is 0 Å². The van der Waals surface area contributed by atoms with Gasteiger partial charge >= 0.3 is 0 Å². The van der Waals surface area contributed by atoms with Gasteiger partial charge in [0.25, 0.3) is 0 Å². The Hall–Kier alpha value is -0.460. The molecule has 0 fully saturated rings. The predicted molar refractivity (Wildman–Crippen MR) is 50.0 cm³/mol. The normalized spacial score (nSPS) is 11.1. The molecule has 0 aliphatic rings. The highest BCUT2D eigenvalue weighted by Gasteiger charge is 2.20. The van der Waals surface area contributed by atoms with Gasteiger partial charge in [-0.2, -0.15) is 0 Å². The van der Waals surface area contributed by atoms with Crippen molar-refractivity contribution in [2.75, 3.05) is 0 Å². The summed E-state index contributed by atoms with van der Waals surface area (Å²) >= 11 is 11.8. The van der Waals surface area contributed by atoms with Crippen molar-refractivity contribution in [3.63, 3.8) is 0 Å². The molecule has 1 aromatic carbocycles. The van der Waals surface area contributed by atoms with Crippen LogP contribution >= 0.6 is 23.2 Å². The molecular weight excluding hydrogens is 179 g/mol. The molecule has 0 nitrogen and oxygen atoms in total. The standard InChI is InChI=1S/C9H8Cl2/c1-2-9(10,11)8-6-4-3-5-7-8/h2-7H,1H2. The van der Waals surface area contributed by atoms with Gasteiger partial charge in [0.1, 0.15) is 0 Å². The number of alkyl halides is 2. The molecule has 0 spiro atoms. The van der Waals surface area contributed by atoms with Crippen LogP contribution in [0, 0.1) is 0 Å². The lowest BCUT2D eigenvalue weighted by molar-refractivity contribution is 1.11. The maximum absolute atomic E-state index is 5.89. The van der Waals surface area contributed by atoms with E-state index in [0.717, 1.165) is 5.56 Å². The molecule has 0 aliphatic carbocycles. The van der Waals surface area contributed by atoms with Gasteiger partial charge in [-0.15, -0.1) is 0 Å². The zero-order valence-electron chi connectivity index (χ0n) is 5.93.